The lowest BCUT2D eigenvalue weighted by molar-refractivity contribution is -0.142. The minimum absolute atomic E-state index is 0.0595. The number of aliphatic hydroxyl groups excluding tert-OH is 1. The molecule has 2 aliphatic rings. The van der Waals surface area contributed by atoms with E-state index in [1.807, 2.05) is 37.3 Å². The van der Waals surface area contributed by atoms with Gasteiger partial charge in [-0.25, -0.2) is 12.8 Å². The van der Waals surface area contributed by atoms with Crippen LogP contribution in [-0.2, 0) is 19.6 Å². The minimum atomic E-state index is -3.93. The molecule has 0 aromatic heterocycles. The maximum atomic E-state index is 13.2. The molecule has 3 aromatic carbocycles. The van der Waals surface area contributed by atoms with Crippen molar-refractivity contribution in [1.29, 1.82) is 0 Å². The molecular weight excluding hydrogens is 511 g/mol. The number of benzene rings is 3. The van der Waals surface area contributed by atoms with Gasteiger partial charge in [-0.15, -0.1) is 0 Å². The molecular formula is C28H29FN2O6S. The van der Waals surface area contributed by atoms with Gasteiger partial charge >= 0.3 is 0 Å². The Hall–Kier alpha value is -3.47. The SMILES string of the molecule is C[C@@H](NC(=O)C[C@@H]1C[C@H]2c3cc(NS(=O)(=O)c4ccc(F)cc4)ccc3O[C@H]2[C@@H](CO)O1)c1ccccc1. The van der Waals surface area contributed by atoms with Gasteiger partial charge in [-0.05, 0) is 61.4 Å². The first-order valence-corrected chi connectivity index (χ1v) is 13.9. The van der Waals surface area contributed by atoms with Gasteiger partial charge < -0.3 is 19.9 Å². The van der Waals surface area contributed by atoms with Gasteiger partial charge in [0.1, 0.15) is 23.8 Å². The summed E-state index contributed by atoms with van der Waals surface area (Å²) in [7, 11) is -3.93. The molecule has 10 heteroatoms. The number of carbonyl (C=O) groups is 1. The van der Waals surface area contributed by atoms with Crippen molar-refractivity contribution in [2.24, 2.45) is 0 Å². The van der Waals surface area contributed by atoms with E-state index in [1.165, 1.54) is 12.1 Å². The zero-order valence-electron chi connectivity index (χ0n) is 20.7. The van der Waals surface area contributed by atoms with Crippen LogP contribution in [0.15, 0.2) is 77.7 Å². The van der Waals surface area contributed by atoms with Crippen molar-refractivity contribution in [3.8, 4) is 5.75 Å². The number of anilines is 1. The zero-order chi connectivity index (χ0) is 26.9. The van der Waals surface area contributed by atoms with Gasteiger partial charge in [-0.2, -0.15) is 0 Å². The third kappa shape index (κ3) is 5.52. The second-order valence-electron chi connectivity index (χ2n) is 9.62. The first-order valence-electron chi connectivity index (χ1n) is 12.4. The van der Waals surface area contributed by atoms with E-state index in [-0.39, 0.29) is 35.8 Å². The van der Waals surface area contributed by atoms with E-state index < -0.39 is 34.2 Å². The van der Waals surface area contributed by atoms with E-state index in [0.29, 0.717) is 17.9 Å². The first-order chi connectivity index (χ1) is 18.2. The van der Waals surface area contributed by atoms with Gasteiger partial charge in [-0.1, -0.05) is 30.3 Å². The summed E-state index contributed by atoms with van der Waals surface area (Å²) in [5, 5.41) is 13.0. The van der Waals surface area contributed by atoms with Crippen molar-refractivity contribution in [3.63, 3.8) is 0 Å². The maximum absolute atomic E-state index is 13.2. The molecule has 200 valence electrons. The van der Waals surface area contributed by atoms with E-state index in [2.05, 4.69) is 10.0 Å². The van der Waals surface area contributed by atoms with E-state index in [9.17, 15) is 22.7 Å². The Labute approximate surface area is 220 Å². The molecule has 2 aliphatic heterocycles. The van der Waals surface area contributed by atoms with Crippen LogP contribution in [0.3, 0.4) is 0 Å². The molecule has 2 heterocycles. The number of hydrogen-bond acceptors (Lipinski definition) is 6. The van der Waals surface area contributed by atoms with Crippen LogP contribution in [0.25, 0.3) is 0 Å². The number of ether oxygens (including phenoxy) is 2. The Morgan fingerprint density at radius 2 is 1.84 bits per heavy atom. The molecule has 0 spiro atoms. The fourth-order valence-corrected chi connectivity index (χ4v) is 6.16. The zero-order valence-corrected chi connectivity index (χ0v) is 21.5. The fraction of sp³-hybridized carbons (Fsp3) is 0.321. The van der Waals surface area contributed by atoms with Gasteiger partial charge in [0.15, 0.2) is 0 Å². The Kier molecular flexibility index (Phi) is 7.38. The second kappa shape index (κ2) is 10.7. The molecule has 5 atom stereocenters. The Morgan fingerprint density at radius 3 is 2.55 bits per heavy atom. The van der Waals surface area contributed by atoms with E-state index in [1.54, 1.807) is 18.2 Å². The lowest BCUT2D eigenvalue weighted by Crippen LogP contribution is -2.47. The van der Waals surface area contributed by atoms with Crippen molar-refractivity contribution >= 4 is 21.6 Å². The van der Waals surface area contributed by atoms with Gasteiger partial charge in [0.2, 0.25) is 5.91 Å². The van der Waals surface area contributed by atoms with Gasteiger partial charge in [0, 0.05) is 17.2 Å². The topological polar surface area (TPSA) is 114 Å². The predicted octanol–water partition coefficient (Wildman–Crippen LogP) is 3.89. The van der Waals surface area contributed by atoms with E-state index in [4.69, 9.17) is 9.47 Å². The summed E-state index contributed by atoms with van der Waals surface area (Å²) in [4.78, 5) is 12.7. The highest BCUT2D eigenvalue weighted by Crippen LogP contribution is 2.47. The average Bonchev–Trinajstić information content (AvgIpc) is 3.26. The standard InChI is InChI=1S/C28H29FN2O6S/c1-17(18-5-3-2-4-6-18)30-27(33)15-21-14-24-23-13-20(9-12-25(23)37-28(24)26(16-32)36-21)31-38(34,35)22-10-7-19(29)8-11-22/h2-13,17,21,24,26,28,31-32H,14-16H2,1H3,(H,30,33)/t17-,21+,24+,26-,28-/m1/s1. The van der Waals surface area contributed by atoms with E-state index >= 15 is 0 Å². The highest BCUT2D eigenvalue weighted by molar-refractivity contribution is 7.92. The van der Waals surface area contributed by atoms with Gasteiger partial charge in [0.25, 0.3) is 10.0 Å². The van der Waals surface area contributed by atoms with Crippen LogP contribution in [0, 0.1) is 5.82 Å². The molecule has 1 fully saturated rings. The van der Waals surface area contributed by atoms with Crippen LogP contribution >= 0.6 is 0 Å². The summed E-state index contributed by atoms with van der Waals surface area (Å²) in [5.41, 5.74) is 2.10. The largest absolute Gasteiger partial charge is 0.487 e. The van der Waals surface area contributed by atoms with Crippen LogP contribution in [0.5, 0.6) is 5.75 Å². The number of sulfonamides is 1. The maximum Gasteiger partial charge on any atom is 0.261 e. The lowest BCUT2D eigenvalue weighted by atomic mass is 9.84. The monoisotopic (exact) mass is 540 g/mol. The first kappa shape index (κ1) is 26.1. The molecule has 0 saturated carbocycles. The van der Waals surface area contributed by atoms with Crippen molar-refractivity contribution in [3.05, 3.63) is 89.7 Å². The number of amides is 1. The number of hydrogen-bond donors (Lipinski definition) is 3. The van der Waals surface area contributed by atoms with Gasteiger partial charge in [-0.3, -0.25) is 9.52 Å². The summed E-state index contributed by atoms with van der Waals surface area (Å²) >= 11 is 0. The van der Waals surface area contributed by atoms with Crippen molar-refractivity contribution in [2.45, 2.75) is 54.9 Å². The summed E-state index contributed by atoms with van der Waals surface area (Å²) in [6.07, 6.45) is -0.963. The smallest absolute Gasteiger partial charge is 0.261 e. The molecule has 1 amide bonds. The summed E-state index contributed by atoms with van der Waals surface area (Å²) in [6.45, 7) is 1.63. The minimum Gasteiger partial charge on any atom is -0.487 e. The van der Waals surface area contributed by atoms with Crippen LogP contribution in [0.1, 0.15) is 42.9 Å². The van der Waals surface area contributed by atoms with Crippen LogP contribution < -0.4 is 14.8 Å². The number of aliphatic hydroxyl groups is 1. The Morgan fingerprint density at radius 1 is 1.11 bits per heavy atom. The second-order valence-corrected chi connectivity index (χ2v) is 11.3. The molecule has 3 aromatic rings. The molecule has 0 bridgehead atoms. The van der Waals surface area contributed by atoms with Crippen LogP contribution in [-0.4, -0.2) is 44.4 Å². The number of rotatable bonds is 8. The summed E-state index contributed by atoms with van der Waals surface area (Å²) in [6, 6.07) is 19.0. The van der Waals surface area contributed by atoms with Crippen molar-refractivity contribution in [2.75, 3.05) is 11.3 Å². The third-order valence-electron chi connectivity index (χ3n) is 6.97. The quantitative estimate of drug-likeness (QED) is 0.400. The molecule has 8 nitrogen and oxygen atoms in total. The lowest BCUT2D eigenvalue weighted by Gasteiger charge is -2.37. The van der Waals surface area contributed by atoms with Gasteiger partial charge in [0.05, 0.1) is 30.1 Å². The molecule has 3 N–H and O–H groups in total. The number of halogens is 1. The Bertz CT molecular complexity index is 1400. The van der Waals surface area contributed by atoms with Crippen LogP contribution in [0.2, 0.25) is 0 Å². The van der Waals surface area contributed by atoms with E-state index in [0.717, 1.165) is 23.3 Å². The number of fused-ring (bicyclic) bond motifs is 3. The third-order valence-corrected chi connectivity index (χ3v) is 8.36. The molecule has 5 rings (SSSR count). The van der Waals surface area contributed by atoms with Crippen molar-refractivity contribution < 1.29 is 32.2 Å². The highest BCUT2D eigenvalue weighted by Gasteiger charge is 2.46. The Balaban J connectivity index is 1.30. The average molecular weight is 541 g/mol. The molecule has 1 saturated heterocycles. The molecule has 0 radical (unpaired) electrons. The highest BCUT2D eigenvalue weighted by atomic mass is 32.2. The molecule has 0 unspecified atom stereocenters. The number of carbonyl (C=O) groups excluding carboxylic acids is 1. The molecule has 0 aliphatic carbocycles. The predicted molar refractivity (Wildman–Crippen MR) is 139 cm³/mol. The molecule has 38 heavy (non-hydrogen) atoms. The van der Waals surface area contributed by atoms with Crippen LogP contribution in [0.4, 0.5) is 10.1 Å². The fourth-order valence-electron chi connectivity index (χ4n) is 5.11. The van der Waals surface area contributed by atoms with Crippen molar-refractivity contribution in [1.82, 2.24) is 5.32 Å². The normalized spacial score (nSPS) is 23.0. The number of nitrogens with one attached hydrogen (secondary N) is 2. The summed E-state index contributed by atoms with van der Waals surface area (Å²) in [5.74, 6) is -0.313. The summed E-state index contributed by atoms with van der Waals surface area (Å²) < 4.78 is 53.5.